The SMILES string of the molecule is COc1ccc([C@H]2[C@@]3(C#N)[C@]4([NH+]=C(N)[C@@]23C#N)OC[C@H](C)O4)c(OC)c1. The fraction of sp³-hybridized carbons (Fsp3) is 0.500. The number of nitrogens with one attached hydrogen (secondary N) is 1. The molecule has 1 saturated carbocycles. The van der Waals surface area contributed by atoms with Crippen LogP contribution in [0.15, 0.2) is 18.2 Å². The lowest BCUT2D eigenvalue weighted by Crippen LogP contribution is -2.90. The number of nitrogens with two attached hydrogens (primary N) is 1. The zero-order valence-electron chi connectivity index (χ0n) is 14.7. The highest BCUT2D eigenvalue weighted by molar-refractivity contribution is 5.95. The van der Waals surface area contributed by atoms with E-state index in [1.807, 2.05) is 6.92 Å². The number of rotatable bonds is 3. The molecule has 0 amide bonds. The van der Waals surface area contributed by atoms with Gasteiger partial charge in [-0.05, 0) is 13.0 Å². The van der Waals surface area contributed by atoms with Gasteiger partial charge in [0.15, 0.2) is 10.8 Å². The molecule has 1 aromatic carbocycles. The molecule has 1 saturated heterocycles. The highest BCUT2D eigenvalue weighted by Gasteiger charge is 2.98. The Morgan fingerprint density at radius 2 is 2.04 bits per heavy atom. The molecule has 5 atom stereocenters. The molecule has 8 nitrogen and oxygen atoms in total. The maximum Gasteiger partial charge on any atom is 0.343 e. The Labute approximate surface area is 150 Å². The predicted molar refractivity (Wildman–Crippen MR) is 87.8 cm³/mol. The molecule has 3 N–H and O–H groups in total. The van der Waals surface area contributed by atoms with E-state index in [0.29, 0.717) is 23.7 Å². The van der Waals surface area contributed by atoms with E-state index in [2.05, 4.69) is 17.1 Å². The van der Waals surface area contributed by atoms with Crippen LogP contribution >= 0.6 is 0 Å². The molecule has 0 bridgehead atoms. The van der Waals surface area contributed by atoms with Crippen LogP contribution in [0.5, 0.6) is 11.5 Å². The van der Waals surface area contributed by atoms with E-state index >= 15 is 0 Å². The van der Waals surface area contributed by atoms with Gasteiger partial charge in [-0.3, -0.25) is 5.73 Å². The quantitative estimate of drug-likeness (QED) is 0.739. The number of nitriles is 2. The van der Waals surface area contributed by atoms with Gasteiger partial charge in [0.1, 0.15) is 11.5 Å². The first-order valence-corrected chi connectivity index (χ1v) is 8.23. The fourth-order valence-electron chi connectivity index (χ4n) is 4.49. The standard InChI is InChI=1S/C18H18N4O4/c1-10-7-25-18(26-10)17(9-20)14(16(17,8-19)15(21)22-18)12-5-4-11(23-2)6-13(12)24-3/h4-6,10,14H,7H2,1-3H3,(H2,21,22)/p+1/t10-,14+,16+,17+,18-/m0/s1. The van der Waals surface area contributed by atoms with Crippen LogP contribution in [0.1, 0.15) is 18.4 Å². The van der Waals surface area contributed by atoms with Gasteiger partial charge in [0.2, 0.25) is 0 Å². The van der Waals surface area contributed by atoms with Gasteiger partial charge in [0.25, 0.3) is 5.84 Å². The molecule has 4 rings (SSSR count). The first-order valence-electron chi connectivity index (χ1n) is 8.23. The van der Waals surface area contributed by atoms with E-state index in [9.17, 15) is 10.5 Å². The van der Waals surface area contributed by atoms with Gasteiger partial charge in [0, 0.05) is 11.6 Å². The molecule has 0 aromatic heterocycles. The zero-order valence-corrected chi connectivity index (χ0v) is 14.7. The first-order chi connectivity index (χ1) is 12.5. The van der Waals surface area contributed by atoms with E-state index in [1.165, 1.54) is 7.11 Å². The summed E-state index contributed by atoms with van der Waals surface area (Å²) >= 11 is 0. The Hall–Kier alpha value is -2.81. The Bertz CT molecular complexity index is 903. The second-order valence-electron chi connectivity index (χ2n) is 6.78. The number of fused-ring (bicyclic) bond motifs is 2. The molecular weight excluding hydrogens is 336 g/mol. The third-order valence-electron chi connectivity index (χ3n) is 5.64. The molecule has 0 radical (unpaired) electrons. The topological polar surface area (TPSA) is 124 Å². The van der Waals surface area contributed by atoms with E-state index < -0.39 is 22.7 Å². The minimum atomic E-state index is -1.45. The van der Waals surface area contributed by atoms with Gasteiger partial charge in [-0.1, -0.05) is 6.07 Å². The molecule has 1 aliphatic carbocycles. The summed E-state index contributed by atoms with van der Waals surface area (Å²) in [5, 5.41) is 20.2. The van der Waals surface area contributed by atoms with Crippen LogP contribution in [0.2, 0.25) is 0 Å². The smallest absolute Gasteiger partial charge is 0.343 e. The van der Waals surface area contributed by atoms with E-state index in [1.54, 1.807) is 25.3 Å². The van der Waals surface area contributed by atoms with Crippen LogP contribution in [0.4, 0.5) is 0 Å². The van der Waals surface area contributed by atoms with Crippen LogP contribution in [0.25, 0.3) is 0 Å². The van der Waals surface area contributed by atoms with Crippen LogP contribution < -0.4 is 20.2 Å². The fourth-order valence-corrected chi connectivity index (χ4v) is 4.49. The largest absolute Gasteiger partial charge is 0.497 e. The molecule has 2 fully saturated rings. The van der Waals surface area contributed by atoms with E-state index in [0.717, 1.165) is 0 Å². The van der Waals surface area contributed by atoms with Crippen molar-refractivity contribution < 1.29 is 23.9 Å². The highest BCUT2D eigenvalue weighted by atomic mass is 16.8. The summed E-state index contributed by atoms with van der Waals surface area (Å²) in [5.74, 6) is -0.700. The van der Waals surface area contributed by atoms with Crippen LogP contribution in [-0.4, -0.2) is 38.7 Å². The Kier molecular flexibility index (Phi) is 3.27. The molecule has 1 spiro atoms. The summed E-state index contributed by atoms with van der Waals surface area (Å²) in [5.41, 5.74) is 4.31. The van der Waals surface area contributed by atoms with Crippen molar-refractivity contribution in [3.8, 4) is 23.6 Å². The molecule has 2 aliphatic heterocycles. The molecule has 2 heterocycles. The number of benzene rings is 1. The number of methoxy groups -OCH3 is 2. The molecule has 8 heteroatoms. The van der Waals surface area contributed by atoms with Gasteiger partial charge < -0.3 is 18.9 Å². The lowest BCUT2D eigenvalue weighted by atomic mass is 9.93. The Morgan fingerprint density at radius 1 is 1.27 bits per heavy atom. The lowest BCUT2D eigenvalue weighted by Gasteiger charge is -2.24. The number of ether oxygens (including phenoxy) is 4. The summed E-state index contributed by atoms with van der Waals surface area (Å²) in [6, 6.07) is 9.82. The highest BCUT2D eigenvalue weighted by Crippen LogP contribution is 2.80. The summed E-state index contributed by atoms with van der Waals surface area (Å²) < 4.78 is 22.5. The van der Waals surface area contributed by atoms with Crippen molar-refractivity contribution in [1.29, 1.82) is 10.5 Å². The average Bonchev–Trinajstić information content (AvgIpc) is 3.04. The monoisotopic (exact) mass is 355 g/mol. The lowest BCUT2D eigenvalue weighted by molar-refractivity contribution is -0.677. The Balaban J connectivity index is 1.91. The van der Waals surface area contributed by atoms with Crippen molar-refractivity contribution in [1.82, 2.24) is 0 Å². The third-order valence-corrected chi connectivity index (χ3v) is 5.64. The van der Waals surface area contributed by atoms with Crippen LogP contribution in [0, 0.1) is 33.5 Å². The zero-order chi connectivity index (χ0) is 18.7. The maximum atomic E-state index is 10.2. The molecular formula is C18H19N4O4+. The number of nitrogens with zero attached hydrogens (tertiary/aromatic N) is 2. The molecule has 134 valence electrons. The normalized spacial score (nSPS) is 39.7. The maximum absolute atomic E-state index is 10.2. The summed E-state index contributed by atoms with van der Waals surface area (Å²) in [6.07, 6.45) is -0.228. The number of amidine groups is 1. The van der Waals surface area contributed by atoms with Gasteiger partial charge >= 0.3 is 5.91 Å². The molecule has 1 aromatic rings. The van der Waals surface area contributed by atoms with E-state index in [-0.39, 0.29) is 11.9 Å². The first kappa shape index (κ1) is 16.6. The Morgan fingerprint density at radius 3 is 2.58 bits per heavy atom. The van der Waals surface area contributed by atoms with Gasteiger partial charge in [-0.2, -0.15) is 10.5 Å². The van der Waals surface area contributed by atoms with Crippen molar-refractivity contribution in [3.63, 3.8) is 0 Å². The van der Waals surface area contributed by atoms with Gasteiger partial charge in [-0.25, -0.2) is 4.99 Å². The van der Waals surface area contributed by atoms with Crippen LogP contribution in [0.3, 0.4) is 0 Å². The van der Waals surface area contributed by atoms with Gasteiger partial charge in [0.05, 0.1) is 45.0 Å². The van der Waals surface area contributed by atoms with E-state index in [4.69, 9.17) is 24.7 Å². The van der Waals surface area contributed by atoms with Crippen LogP contribution in [-0.2, 0) is 9.47 Å². The second-order valence-corrected chi connectivity index (χ2v) is 6.78. The third kappa shape index (κ3) is 1.57. The van der Waals surface area contributed by atoms with Crippen molar-refractivity contribution >= 4 is 5.84 Å². The van der Waals surface area contributed by atoms with Crippen molar-refractivity contribution in [2.45, 2.75) is 24.9 Å². The summed E-state index contributed by atoms with van der Waals surface area (Å²) in [7, 11) is 3.08. The van der Waals surface area contributed by atoms with Gasteiger partial charge in [-0.15, -0.1) is 0 Å². The van der Waals surface area contributed by atoms with Crippen molar-refractivity contribution in [3.05, 3.63) is 23.8 Å². The van der Waals surface area contributed by atoms with Crippen molar-refractivity contribution in [2.24, 2.45) is 16.6 Å². The summed E-state index contributed by atoms with van der Waals surface area (Å²) in [4.78, 5) is 2.94. The second kappa shape index (κ2) is 5.10. The molecule has 26 heavy (non-hydrogen) atoms. The van der Waals surface area contributed by atoms with Crippen molar-refractivity contribution in [2.75, 3.05) is 20.8 Å². The number of hydrogen-bond donors (Lipinski definition) is 2. The average molecular weight is 355 g/mol. The minimum Gasteiger partial charge on any atom is -0.497 e. The predicted octanol–water partition coefficient (Wildman–Crippen LogP) is -0.639. The summed E-state index contributed by atoms with van der Waals surface area (Å²) in [6.45, 7) is 2.15. The number of hydrogen-bond acceptors (Lipinski definition) is 7. The minimum absolute atomic E-state index is 0.179. The molecule has 3 aliphatic rings. The molecule has 0 unspecified atom stereocenters.